The highest BCUT2D eigenvalue weighted by Crippen LogP contribution is 2.50. The lowest BCUT2D eigenvalue weighted by atomic mass is 9.84. The molecule has 0 unspecified atom stereocenters. The molecule has 0 saturated carbocycles. The van der Waals surface area contributed by atoms with Gasteiger partial charge in [-0.1, -0.05) is 79.6 Å². The van der Waals surface area contributed by atoms with Crippen LogP contribution in [0.15, 0.2) is 71.8 Å². The second-order valence-electron chi connectivity index (χ2n) is 5.80. The van der Waals surface area contributed by atoms with Gasteiger partial charge in [-0.15, -0.1) is 0 Å². The van der Waals surface area contributed by atoms with Gasteiger partial charge in [0, 0.05) is 0 Å². The molecule has 0 aromatic heterocycles. The number of benzene rings is 2. The second kappa shape index (κ2) is 5.87. The molecular formula is C20H22O. The number of aliphatic hydroxyl groups is 1. The predicted molar refractivity (Wildman–Crippen MR) is 87.1 cm³/mol. The van der Waals surface area contributed by atoms with Gasteiger partial charge in [0.15, 0.2) is 0 Å². The van der Waals surface area contributed by atoms with Crippen molar-refractivity contribution in [3.8, 4) is 0 Å². The van der Waals surface area contributed by atoms with Crippen LogP contribution in [0.4, 0.5) is 0 Å². The monoisotopic (exact) mass is 278 g/mol. The highest BCUT2D eigenvalue weighted by Gasteiger charge is 2.43. The molecular weight excluding hydrogens is 256 g/mol. The van der Waals surface area contributed by atoms with E-state index in [9.17, 15) is 5.11 Å². The summed E-state index contributed by atoms with van der Waals surface area (Å²) in [5.74, 6) is 0. The largest absolute Gasteiger partial charge is 0.376 e. The Morgan fingerprint density at radius 1 is 0.905 bits per heavy atom. The number of hydrogen-bond acceptors (Lipinski definition) is 1. The minimum absolute atomic E-state index is 0.953. The molecule has 1 N–H and O–H groups in total. The van der Waals surface area contributed by atoms with Crippen LogP contribution in [0.3, 0.4) is 0 Å². The van der Waals surface area contributed by atoms with Gasteiger partial charge in [0.1, 0.15) is 5.60 Å². The molecule has 0 fully saturated rings. The number of allylic oxidation sites excluding steroid dienone is 1. The summed E-state index contributed by atoms with van der Waals surface area (Å²) in [4.78, 5) is 0. The second-order valence-corrected chi connectivity index (χ2v) is 5.80. The van der Waals surface area contributed by atoms with Crippen molar-refractivity contribution in [2.24, 2.45) is 0 Å². The van der Waals surface area contributed by atoms with Crippen LogP contribution in [0, 0.1) is 0 Å². The summed E-state index contributed by atoms with van der Waals surface area (Å²) >= 11 is 0. The van der Waals surface area contributed by atoms with E-state index >= 15 is 0 Å². The van der Waals surface area contributed by atoms with Crippen molar-refractivity contribution in [1.82, 2.24) is 0 Å². The molecule has 108 valence electrons. The third kappa shape index (κ3) is 2.66. The third-order valence-electron chi connectivity index (χ3n) is 4.34. The van der Waals surface area contributed by atoms with Gasteiger partial charge in [-0.2, -0.15) is 0 Å². The Balaban J connectivity index is 2.03. The van der Waals surface area contributed by atoms with E-state index in [0.29, 0.717) is 0 Å². The molecule has 1 heteroatoms. The van der Waals surface area contributed by atoms with E-state index in [2.05, 4.69) is 6.92 Å². The summed E-state index contributed by atoms with van der Waals surface area (Å²) in [6, 6.07) is 20.1. The van der Waals surface area contributed by atoms with E-state index < -0.39 is 5.60 Å². The summed E-state index contributed by atoms with van der Waals surface area (Å²) in [5, 5.41) is 11.5. The van der Waals surface area contributed by atoms with Gasteiger partial charge >= 0.3 is 0 Å². The van der Waals surface area contributed by atoms with Crippen LogP contribution < -0.4 is 0 Å². The lowest BCUT2D eigenvalue weighted by Crippen LogP contribution is -2.26. The Hall–Kier alpha value is -1.86. The fourth-order valence-corrected chi connectivity index (χ4v) is 3.06. The van der Waals surface area contributed by atoms with Crippen molar-refractivity contribution in [1.29, 1.82) is 0 Å². The van der Waals surface area contributed by atoms with Crippen LogP contribution in [0.5, 0.6) is 0 Å². The topological polar surface area (TPSA) is 20.2 Å². The van der Waals surface area contributed by atoms with Gasteiger partial charge in [-0.05, 0) is 36.0 Å². The smallest absolute Gasteiger partial charge is 0.137 e. The lowest BCUT2D eigenvalue weighted by molar-refractivity contribution is 0.125. The summed E-state index contributed by atoms with van der Waals surface area (Å²) < 4.78 is 0. The minimum atomic E-state index is -0.953. The Kier molecular flexibility index (Phi) is 3.94. The molecule has 0 spiro atoms. The van der Waals surface area contributed by atoms with Crippen molar-refractivity contribution in [3.05, 3.63) is 82.9 Å². The van der Waals surface area contributed by atoms with Crippen LogP contribution >= 0.6 is 0 Å². The fourth-order valence-electron chi connectivity index (χ4n) is 3.06. The van der Waals surface area contributed by atoms with Gasteiger partial charge in [0.05, 0.1) is 0 Å². The molecule has 0 saturated heterocycles. The first-order chi connectivity index (χ1) is 10.3. The van der Waals surface area contributed by atoms with Crippen molar-refractivity contribution in [3.63, 3.8) is 0 Å². The van der Waals surface area contributed by atoms with Crippen LogP contribution in [-0.4, -0.2) is 5.11 Å². The summed E-state index contributed by atoms with van der Waals surface area (Å²) in [7, 11) is 0. The highest BCUT2D eigenvalue weighted by molar-refractivity contribution is 5.54. The first kappa shape index (κ1) is 14.1. The Labute approximate surface area is 127 Å². The lowest BCUT2D eigenvalue weighted by Gasteiger charge is -2.27. The average Bonchev–Trinajstić information content (AvgIpc) is 3.34. The zero-order valence-corrected chi connectivity index (χ0v) is 12.5. The van der Waals surface area contributed by atoms with Crippen LogP contribution in [0.2, 0.25) is 0 Å². The molecule has 2 aromatic carbocycles. The van der Waals surface area contributed by atoms with Gasteiger partial charge < -0.3 is 5.11 Å². The molecule has 0 bridgehead atoms. The molecule has 1 nitrogen and oxygen atoms in total. The molecule has 1 aliphatic carbocycles. The number of unbranched alkanes of at least 4 members (excludes halogenated alkanes) is 1. The summed E-state index contributed by atoms with van der Waals surface area (Å²) in [6.45, 7) is 2.21. The Morgan fingerprint density at radius 2 is 1.43 bits per heavy atom. The van der Waals surface area contributed by atoms with Crippen molar-refractivity contribution in [2.45, 2.75) is 38.2 Å². The molecule has 21 heavy (non-hydrogen) atoms. The molecule has 1 aliphatic rings. The number of hydrogen-bond donors (Lipinski definition) is 1. The van der Waals surface area contributed by atoms with Crippen molar-refractivity contribution in [2.75, 3.05) is 0 Å². The van der Waals surface area contributed by atoms with Crippen LogP contribution in [0.1, 0.15) is 43.7 Å². The molecule has 2 aromatic rings. The van der Waals surface area contributed by atoms with Crippen LogP contribution in [0.25, 0.3) is 0 Å². The first-order valence-corrected chi connectivity index (χ1v) is 7.81. The third-order valence-corrected chi connectivity index (χ3v) is 4.34. The standard InChI is InChI=1S/C20H22O/c1-2-3-10-16-15-19(16)20(21,17-11-6-4-7-12-17)18-13-8-5-9-14-18/h4-9,11-14,21H,2-3,10,15H2,1H3. The van der Waals surface area contributed by atoms with E-state index in [1.54, 1.807) is 0 Å². The summed E-state index contributed by atoms with van der Waals surface area (Å²) in [5.41, 5.74) is 3.63. The van der Waals surface area contributed by atoms with Crippen molar-refractivity contribution < 1.29 is 5.11 Å². The fraction of sp³-hybridized carbons (Fsp3) is 0.300. The van der Waals surface area contributed by atoms with E-state index in [1.807, 2.05) is 60.7 Å². The normalized spacial score (nSPS) is 14.4. The van der Waals surface area contributed by atoms with E-state index in [-0.39, 0.29) is 0 Å². The molecule has 0 radical (unpaired) electrons. The maximum Gasteiger partial charge on any atom is 0.137 e. The van der Waals surface area contributed by atoms with E-state index in [4.69, 9.17) is 0 Å². The Bertz CT molecular complexity index is 586. The van der Waals surface area contributed by atoms with Crippen LogP contribution in [-0.2, 0) is 5.60 Å². The van der Waals surface area contributed by atoms with Gasteiger partial charge in [0.25, 0.3) is 0 Å². The van der Waals surface area contributed by atoms with Gasteiger partial charge in [-0.25, -0.2) is 0 Å². The Morgan fingerprint density at radius 3 is 1.90 bits per heavy atom. The number of rotatable bonds is 6. The predicted octanol–water partition coefficient (Wildman–Crippen LogP) is 4.81. The van der Waals surface area contributed by atoms with Gasteiger partial charge in [-0.3, -0.25) is 0 Å². The maximum atomic E-state index is 11.5. The molecule has 0 atom stereocenters. The first-order valence-electron chi connectivity index (χ1n) is 7.81. The molecule has 0 aliphatic heterocycles. The van der Waals surface area contributed by atoms with Crippen molar-refractivity contribution >= 4 is 0 Å². The quantitative estimate of drug-likeness (QED) is 0.752. The molecule has 3 rings (SSSR count). The van der Waals surface area contributed by atoms with Gasteiger partial charge in [0.2, 0.25) is 0 Å². The summed E-state index contributed by atoms with van der Waals surface area (Å²) in [6.07, 6.45) is 4.50. The zero-order valence-electron chi connectivity index (χ0n) is 12.5. The maximum absolute atomic E-state index is 11.5. The van der Waals surface area contributed by atoms with E-state index in [0.717, 1.165) is 24.0 Å². The SMILES string of the molecule is CCCCC1=C(C(O)(c2ccccc2)c2ccccc2)C1. The van der Waals surface area contributed by atoms with E-state index in [1.165, 1.54) is 24.0 Å². The molecule has 0 amide bonds. The highest BCUT2D eigenvalue weighted by atomic mass is 16.3. The average molecular weight is 278 g/mol. The molecule has 0 heterocycles. The zero-order chi connectivity index (χ0) is 14.7. The minimum Gasteiger partial charge on any atom is -0.376 e.